The summed E-state index contributed by atoms with van der Waals surface area (Å²) in [6.07, 6.45) is 9.20. The SMILES string of the molecule is O=C(NC1CCCCC1)[C@@H]1CCCN1c1cc(-c2ccco2)cc(-c2ccccc2O)n1. The molecule has 2 aromatic heterocycles. The van der Waals surface area contributed by atoms with Gasteiger partial charge in [0.05, 0.1) is 12.0 Å². The Hall–Kier alpha value is -3.28. The van der Waals surface area contributed by atoms with Gasteiger partial charge in [0.2, 0.25) is 5.91 Å². The van der Waals surface area contributed by atoms with E-state index in [1.165, 1.54) is 19.3 Å². The van der Waals surface area contributed by atoms with Gasteiger partial charge in [0.25, 0.3) is 0 Å². The molecule has 1 saturated heterocycles. The van der Waals surface area contributed by atoms with E-state index in [1.54, 1.807) is 18.4 Å². The predicted octanol–water partition coefficient (Wildman–Crippen LogP) is 5.13. The molecule has 3 heterocycles. The number of furan rings is 1. The van der Waals surface area contributed by atoms with Crippen LogP contribution < -0.4 is 10.2 Å². The molecule has 2 aliphatic rings. The van der Waals surface area contributed by atoms with E-state index >= 15 is 0 Å². The molecule has 0 spiro atoms. The van der Waals surface area contributed by atoms with Gasteiger partial charge in [0.1, 0.15) is 23.4 Å². The van der Waals surface area contributed by atoms with Crippen molar-refractivity contribution in [3.05, 3.63) is 54.8 Å². The topological polar surface area (TPSA) is 78.6 Å². The standard InChI is InChI=1S/C26H29N3O3/c30-23-12-5-4-10-20(23)21-16-18(24-13-7-15-32-24)17-25(28-21)29-14-6-11-22(29)26(31)27-19-8-2-1-3-9-19/h4-5,7,10,12-13,15-17,19,22,30H,1-3,6,8-9,11,14H2,(H,27,31)/t22-/m0/s1. The van der Waals surface area contributed by atoms with Gasteiger partial charge < -0.3 is 19.7 Å². The Balaban J connectivity index is 1.48. The molecule has 0 radical (unpaired) electrons. The molecule has 0 unspecified atom stereocenters. The normalized spacial score (nSPS) is 19.2. The summed E-state index contributed by atoms with van der Waals surface area (Å²) in [5, 5.41) is 13.7. The first kappa shape index (κ1) is 20.6. The first-order chi connectivity index (χ1) is 15.7. The van der Waals surface area contributed by atoms with Gasteiger partial charge in [-0.1, -0.05) is 31.4 Å². The number of para-hydroxylation sites is 1. The Bertz CT molecular complexity index is 1070. The van der Waals surface area contributed by atoms with Crippen molar-refractivity contribution in [3.63, 3.8) is 0 Å². The van der Waals surface area contributed by atoms with Crippen LogP contribution >= 0.6 is 0 Å². The zero-order valence-corrected chi connectivity index (χ0v) is 18.2. The van der Waals surface area contributed by atoms with Crippen molar-refractivity contribution in [1.82, 2.24) is 10.3 Å². The zero-order chi connectivity index (χ0) is 21.9. The molecule has 1 atom stereocenters. The van der Waals surface area contributed by atoms with Gasteiger partial charge in [-0.3, -0.25) is 4.79 Å². The molecule has 5 rings (SSSR count). The van der Waals surface area contributed by atoms with Crippen LogP contribution in [0, 0.1) is 0 Å². The Kier molecular flexibility index (Phi) is 5.84. The molecule has 32 heavy (non-hydrogen) atoms. The number of nitrogens with one attached hydrogen (secondary N) is 1. The fourth-order valence-electron chi connectivity index (χ4n) is 4.93. The number of hydrogen-bond acceptors (Lipinski definition) is 5. The van der Waals surface area contributed by atoms with Crippen molar-refractivity contribution in [2.24, 2.45) is 0 Å². The minimum Gasteiger partial charge on any atom is -0.507 e. The lowest BCUT2D eigenvalue weighted by Gasteiger charge is -2.29. The van der Waals surface area contributed by atoms with Gasteiger partial charge in [0.15, 0.2) is 0 Å². The van der Waals surface area contributed by atoms with Gasteiger partial charge in [-0.25, -0.2) is 4.98 Å². The molecule has 1 aliphatic heterocycles. The van der Waals surface area contributed by atoms with Crippen LogP contribution in [0.5, 0.6) is 5.75 Å². The number of phenols is 1. The maximum atomic E-state index is 13.2. The zero-order valence-electron chi connectivity index (χ0n) is 18.2. The van der Waals surface area contributed by atoms with Crippen LogP contribution in [0.15, 0.2) is 59.2 Å². The average Bonchev–Trinajstić information content (AvgIpc) is 3.52. The van der Waals surface area contributed by atoms with Crippen LogP contribution in [-0.2, 0) is 4.79 Å². The molecule has 0 bridgehead atoms. The first-order valence-electron chi connectivity index (χ1n) is 11.6. The summed E-state index contributed by atoms with van der Waals surface area (Å²) in [5.74, 6) is 1.74. The van der Waals surface area contributed by atoms with Gasteiger partial charge in [-0.05, 0) is 62.1 Å². The number of anilines is 1. The smallest absolute Gasteiger partial charge is 0.242 e. The van der Waals surface area contributed by atoms with Crippen LogP contribution in [0.2, 0.25) is 0 Å². The highest BCUT2D eigenvalue weighted by atomic mass is 16.3. The number of amides is 1. The fourth-order valence-corrected chi connectivity index (χ4v) is 4.93. The van der Waals surface area contributed by atoms with E-state index < -0.39 is 0 Å². The largest absolute Gasteiger partial charge is 0.507 e. The van der Waals surface area contributed by atoms with Crippen molar-refractivity contribution in [2.75, 3.05) is 11.4 Å². The van der Waals surface area contributed by atoms with E-state index in [2.05, 4.69) is 10.2 Å². The number of pyridine rings is 1. The van der Waals surface area contributed by atoms with Crippen molar-refractivity contribution in [1.29, 1.82) is 0 Å². The fraction of sp³-hybridized carbons (Fsp3) is 0.385. The summed E-state index contributed by atoms with van der Waals surface area (Å²) in [6.45, 7) is 0.775. The van der Waals surface area contributed by atoms with Crippen LogP contribution in [-0.4, -0.2) is 34.6 Å². The second kappa shape index (κ2) is 9.07. The van der Waals surface area contributed by atoms with Gasteiger partial charge in [0, 0.05) is 23.7 Å². The maximum absolute atomic E-state index is 13.2. The van der Waals surface area contributed by atoms with Crippen molar-refractivity contribution in [2.45, 2.75) is 57.0 Å². The summed E-state index contributed by atoms with van der Waals surface area (Å²) in [5.41, 5.74) is 2.19. The number of phenolic OH excluding ortho intramolecular Hbond substituents is 1. The summed E-state index contributed by atoms with van der Waals surface area (Å²) >= 11 is 0. The van der Waals surface area contributed by atoms with E-state index in [0.29, 0.717) is 11.3 Å². The van der Waals surface area contributed by atoms with Crippen LogP contribution in [0.3, 0.4) is 0 Å². The van der Waals surface area contributed by atoms with E-state index in [0.717, 1.165) is 49.4 Å². The molecule has 166 valence electrons. The Morgan fingerprint density at radius 2 is 1.88 bits per heavy atom. The molecule has 1 aliphatic carbocycles. The molecular formula is C26H29N3O3. The molecule has 6 heteroatoms. The third-order valence-corrected chi connectivity index (χ3v) is 6.60. The summed E-state index contributed by atoms with van der Waals surface area (Å²) in [7, 11) is 0. The third-order valence-electron chi connectivity index (χ3n) is 6.60. The summed E-state index contributed by atoms with van der Waals surface area (Å²) in [4.78, 5) is 20.2. The Labute approximate surface area is 188 Å². The molecule has 6 nitrogen and oxygen atoms in total. The van der Waals surface area contributed by atoms with E-state index in [9.17, 15) is 9.90 Å². The maximum Gasteiger partial charge on any atom is 0.242 e. The van der Waals surface area contributed by atoms with Crippen molar-refractivity contribution < 1.29 is 14.3 Å². The first-order valence-corrected chi connectivity index (χ1v) is 11.6. The molecular weight excluding hydrogens is 402 g/mol. The number of carbonyl (C=O) groups excluding carboxylic acids is 1. The highest BCUT2D eigenvalue weighted by Crippen LogP contribution is 2.35. The third kappa shape index (κ3) is 4.22. The van der Waals surface area contributed by atoms with E-state index in [4.69, 9.17) is 9.40 Å². The number of rotatable bonds is 5. The molecule has 3 aromatic rings. The molecule has 2 fully saturated rings. The van der Waals surface area contributed by atoms with Crippen molar-refractivity contribution >= 4 is 11.7 Å². The second-order valence-corrected chi connectivity index (χ2v) is 8.79. The Morgan fingerprint density at radius 3 is 2.66 bits per heavy atom. The highest BCUT2D eigenvalue weighted by Gasteiger charge is 2.33. The number of benzene rings is 1. The number of hydrogen-bond donors (Lipinski definition) is 2. The van der Waals surface area contributed by atoms with Crippen LogP contribution in [0.1, 0.15) is 44.9 Å². The monoisotopic (exact) mass is 431 g/mol. The van der Waals surface area contributed by atoms with Crippen LogP contribution in [0.25, 0.3) is 22.6 Å². The van der Waals surface area contributed by atoms with E-state index in [1.807, 2.05) is 36.4 Å². The molecule has 1 aromatic carbocycles. The van der Waals surface area contributed by atoms with Gasteiger partial charge in [-0.15, -0.1) is 0 Å². The Morgan fingerprint density at radius 1 is 1.03 bits per heavy atom. The lowest BCUT2D eigenvalue weighted by molar-refractivity contribution is -0.123. The lowest BCUT2D eigenvalue weighted by Crippen LogP contribution is -2.47. The number of aromatic nitrogens is 1. The number of aromatic hydroxyl groups is 1. The predicted molar refractivity (Wildman–Crippen MR) is 124 cm³/mol. The number of nitrogens with zero attached hydrogens (tertiary/aromatic N) is 2. The lowest BCUT2D eigenvalue weighted by atomic mass is 9.95. The highest BCUT2D eigenvalue weighted by molar-refractivity contribution is 5.86. The average molecular weight is 432 g/mol. The van der Waals surface area contributed by atoms with Gasteiger partial charge in [-0.2, -0.15) is 0 Å². The van der Waals surface area contributed by atoms with Gasteiger partial charge >= 0.3 is 0 Å². The molecule has 2 N–H and O–H groups in total. The summed E-state index contributed by atoms with van der Waals surface area (Å²) in [6, 6.07) is 14.9. The summed E-state index contributed by atoms with van der Waals surface area (Å²) < 4.78 is 5.65. The number of carbonyl (C=O) groups is 1. The minimum atomic E-state index is -0.228. The second-order valence-electron chi connectivity index (χ2n) is 8.79. The minimum absolute atomic E-state index is 0.101. The molecule has 1 saturated carbocycles. The van der Waals surface area contributed by atoms with E-state index in [-0.39, 0.29) is 23.7 Å². The van der Waals surface area contributed by atoms with Crippen LogP contribution in [0.4, 0.5) is 5.82 Å². The van der Waals surface area contributed by atoms with Crippen molar-refractivity contribution in [3.8, 4) is 28.3 Å². The quantitative estimate of drug-likeness (QED) is 0.585. The molecule has 1 amide bonds.